The van der Waals surface area contributed by atoms with Crippen LogP contribution in [0.25, 0.3) is 0 Å². The van der Waals surface area contributed by atoms with Gasteiger partial charge in [-0.1, -0.05) is 18.2 Å². The first-order valence-corrected chi connectivity index (χ1v) is 9.70. The molecule has 2 aromatic carbocycles. The van der Waals surface area contributed by atoms with Crippen molar-refractivity contribution in [3.63, 3.8) is 0 Å². The summed E-state index contributed by atoms with van der Waals surface area (Å²) in [5.74, 6) is -0.235. The molecular weight excluding hydrogens is 382 g/mol. The number of furan rings is 1. The van der Waals surface area contributed by atoms with E-state index in [-0.39, 0.29) is 23.5 Å². The standard InChI is InChI=1S/C23H21N3O4/c27-21(20-7-4-16-30-20)24-19-10-8-18(9-11-19)23(29)26-14-12-25(13-15-26)22(28)17-5-2-1-3-6-17/h1-11,16H,12-15H2,(H,24,27). The highest BCUT2D eigenvalue weighted by Crippen LogP contribution is 2.15. The monoisotopic (exact) mass is 403 g/mol. The van der Waals surface area contributed by atoms with Crippen molar-refractivity contribution in [1.29, 1.82) is 0 Å². The first kappa shape index (κ1) is 19.4. The number of hydrogen-bond donors (Lipinski definition) is 1. The lowest BCUT2D eigenvalue weighted by Gasteiger charge is -2.35. The predicted octanol–water partition coefficient (Wildman–Crippen LogP) is 3.13. The van der Waals surface area contributed by atoms with Gasteiger partial charge in [0.05, 0.1) is 6.26 Å². The number of hydrogen-bond acceptors (Lipinski definition) is 4. The van der Waals surface area contributed by atoms with Crippen molar-refractivity contribution in [3.8, 4) is 0 Å². The Morgan fingerprint density at radius 2 is 1.27 bits per heavy atom. The summed E-state index contributed by atoms with van der Waals surface area (Å²) in [6.07, 6.45) is 1.43. The van der Waals surface area contributed by atoms with E-state index in [1.54, 1.807) is 58.3 Å². The zero-order valence-electron chi connectivity index (χ0n) is 16.3. The van der Waals surface area contributed by atoms with Crippen molar-refractivity contribution in [2.45, 2.75) is 0 Å². The molecule has 1 aliphatic rings. The van der Waals surface area contributed by atoms with E-state index in [4.69, 9.17) is 4.42 Å². The van der Waals surface area contributed by atoms with E-state index in [0.29, 0.717) is 43.0 Å². The Balaban J connectivity index is 1.33. The Morgan fingerprint density at radius 3 is 1.80 bits per heavy atom. The molecule has 0 spiro atoms. The van der Waals surface area contributed by atoms with E-state index in [2.05, 4.69) is 5.32 Å². The van der Waals surface area contributed by atoms with Gasteiger partial charge >= 0.3 is 0 Å². The second-order valence-electron chi connectivity index (χ2n) is 6.96. The quantitative estimate of drug-likeness (QED) is 0.726. The largest absolute Gasteiger partial charge is 0.459 e. The Hall–Kier alpha value is -3.87. The summed E-state index contributed by atoms with van der Waals surface area (Å²) in [4.78, 5) is 40.9. The van der Waals surface area contributed by atoms with E-state index in [0.717, 1.165) is 0 Å². The molecule has 7 heteroatoms. The number of benzene rings is 2. The Kier molecular flexibility index (Phi) is 5.61. The second kappa shape index (κ2) is 8.65. The zero-order chi connectivity index (χ0) is 20.9. The van der Waals surface area contributed by atoms with Crippen LogP contribution in [0, 0.1) is 0 Å². The molecular formula is C23H21N3O4. The number of nitrogens with zero attached hydrogens (tertiary/aromatic N) is 2. The molecule has 1 fully saturated rings. The minimum absolute atomic E-state index is 0.0145. The van der Waals surface area contributed by atoms with Gasteiger partial charge < -0.3 is 19.5 Å². The van der Waals surface area contributed by atoms with Gasteiger partial charge in [0.2, 0.25) is 0 Å². The highest BCUT2D eigenvalue weighted by molar-refractivity contribution is 6.02. The average Bonchev–Trinajstić information content (AvgIpc) is 3.35. The fourth-order valence-corrected chi connectivity index (χ4v) is 3.36. The third-order valence-corrected chi connectivity index (χ3v) is 5.01. The summed E-state index contributed by atoms with van der Waals surface area (Å²) >= 11 is 0. The van der Waals surface area contributed by atoms with Gasteiger partial charge in [-0.15, -0.1) is 0 Å². The summed E-state index contributed by atoms with van der Waals surface area (Å²) in [5, 5.41) is 2.72. The predicted molar refractivity (Wildman–Crippen MR) is 111 cm³/mol. The van der Waals surface area contributed by atoms with Crippen LogP contribution < -0.4 is 5.32 Å². The van der Waals surface area contributed by atoms with Crippen molar-refractivity contribution < 1.29 is 18.8 Å². The average molecular weight is 403 g/mol. The van der Waals surface area contributed by atoms with E-state index in [9.17, 15) is 14.4 Å². The summed E-state index contributed by atoms with van der Waals surface area (Å²) in [6, 6.07) is 19.1. The molecule has 7 nitrogen and oxygen atoms in total. The first-order chi connectivity index (χ1) is 14.6. The highest BCUT2D eigenvalue weighted by Gasteiger charge is 2.25. The van der Waals surface area contributed by atoms with Gasteiger partial charge in [0.1, 0.15) is 0 Å². The van der Waals surface area contributed by atoms with Crippen LogP contribution in [0.15, 0.2) is 77.4 Å². The lowest BCUT2D eigenvalue weighted by Crippen LogP contribution is -2.50. The topological polar surface area (TPSA) is 82.9 Å². The van der Waals surface area contributed by atoms with Crippen molar-refractivity contribution in [1.82, 2.24) is 9.80 Å². The second-order valence-corrected chi connectivity index (χ2v) is 6.96. The molecule has 1 aliphatic heterocycles. The normalized spacial score (nSPS) is 13.7. The highest BCUT2D eigenvalue weighted by atomic mass is 16.3. The molecule has 0 bridgehead atoms. The number of piperazine rings is 1. The summed E-state index contributed by atoms with van der Waals surface area (Å²) < 4.78 is 5.06. The molecule has 3 amide bonds. The van der Waals surface area contributed by atoms with Crippen LogP contribution in [-0.2, 0) is 0 Å². The molecule has 2 heterocycles. The van der Waals surface area contributed by atoms with Crippen LogP contribution in [-0.4, -0.2) is 53.7 Å². The van der Waals surface area contributed by atoms with Crippen LogP contribution in [0.3, 0.4) is 0 Å². The molecule has 152 valence electrons. The van der Waals surface area contributed by atoms with Gasteiger partial charge in [-0.25, -0.2) is 0 Å². The third-order valence-electron chi connectivity index (χ3n) is 5.01. The van der Waals surface area contributed by atoms with Gasteiger partial charge in [-0.3, -0.25) is 14.4 Å². The first-order valence-electron chi connectivity index (χ1n) is 9.70. The van der Waals surface area contributed by atoms with E-state index < -0.39 is 0 Å². The molecule has 1 saturated heterocycles. The maximum absolute atomic E-state index is 12.8. The SMILES string of the molecule is O=C(Nc1ccc(C(=O)N2CCN(C(=O)c3ccccc3)CC2)cc1)c1ccco1. The van der Waals surface area contributed by atoms with Crippen molar-refractivity contribution in [2.24, 2.45) is 0 Å². The van der Waals surface area contributed by atoms with Crippen LogP contribution in [0.5, 0.6) is 0 Å². The molecule has 0 radical (unpaired) electrons. The third kappa shape index (κ3) is 4.25. The number of anilines is 1. The molecule has 0 atom stereocenters. The van der Waals surface area contributed by atoms with E-state index in [1.807, 2.05) is 18.2 Å². The molecule has 0 saturated carbocycles. The number of amides is 3. The fraction of sp³-hybridized carbons (Fsp3) is 0.174. The fourth-order valence-electron chi connectivity index (χ4n) is 3.36. The van der Waals surface area contributed by atoms with Crippen molar-refractivity contribution >= 4 is 23.4 Å². The minimum atomic E-state index is -0.349. The summed E-state index contributed by atoms with van der Waals surface area (Å²) in [7, 11) is 0. The van der Waals surface area contributed by atoms with Crippen molar-refractivity contribution in [3.05, 3.63) is 89.9 Å². The van der Waals surface area contributed by atoms with Gasteiger partial charge in [0.15, 0.2) is 5.76 Å². The molecule has 0 aliphatic carbocycles. The van der Waals surface area contributed by atoms with Gasteiger partial charge in [-0.2, -0.15) is 0 Å². The van der Waals surface area contributed by atoms with Crippen LogP contribution in [0.1, 0.15) is 31.3 Å². The Morgan fingerprint density at radius 1 is 0.700 bits per heavy atom. The van der Waals surface area contributed by atoms with E-state index >= 15 is 0 Å². The van der Waals surface area contributed by atoms with Gasteiger partial charge in [0, 0.05) is 43.0 Å². The Bertz CT molecular complexity index is 1020. The molecule has 1 N–H and O–H groups in total. The number of carbonyl (C=O) groups excluding carboxylic acids is 3. The molecule has 3 aromatic rings. The number of nitrogens with one attached hydrogen (secondary N) is 1. The number of rotatable bonds is 4. The smallest absolute Gasteiger partial charge is 0.291 e. The summed E-state index contributed by atoms with van der Waals surface area (Å²) in [5.41, 5.74) is 1.77. The van der Waals surface area contributed by atoms with Gasteiger partial charge in [0.25, 0.3) is 17.7 Å². The minimum Gasteiger partial charge on any atom is -0.459 e. The summed E-state index contributed by atoms with van der Waals surface area (Å²) in [6.45, 7) is 1.95. The maximum atomic E-state index is 12.8. The zero-order valence-corrected chi connectivity index (χ0v) is 16.3. The maximum Gasteiger partial charge on any atom is 0.291 e. The lowest BCUT2D eigenvalue weighted by molar-refractivity contribution is 0.0535. The Labute approximate surface area is 173 Å². The van der Waals surface area contributed by atoms with Gasteiger partial charge in [-0.05, 0) is 48.5 Å². The molecule has 1 aromatic heterocycles. The lowest BCUT2D eigenvalue weighted by atomic mass is 10.1. The molecule has 4 rings (SSSR count). The van der Waals surface area contributed by atoms with Crippen LogP contribution >= 0.6 is 0 Å². The van der Waals surface area contributed by atoms with Crippen molar-refractivity contribution in [2.75, 3.05) is 31.5 Å². The molecule has 30 heavy (non-hydrogen) atoms. The van der Waals surface area contributed by atoms with E-state index in [1.165, 1.54) is 6.26 Å². The van der Waals surface area contributed by atoms with Crippen LogP contribution in [0.2, 0.25) is 0 Å². The van der Waals surface area contributed by atoms with Crippen LogP contribution in [0.4, 0.5) is 5.69 Å². The number of carbonyl (C=O) groups is 3. The molecule has 0 unspecified atom stereocenters.